The van der Waals surface area contributed by atoms with Gasteiger partial charge in [-0.25, -0.2) is 9.80 Å². The van der Waals surface area contributed by atoms with Crippen molar-refractivity contribution in [2.45, 2.75) is 6.92 Å². The van der Waals surface area contributed by atoms with Crippen LogP contribution in [0.1, 0.15) is 18.1 Å². The van der Waals surface area contributed by atoms with Gasteiger partial charge in [-0.1, -0.05) is 30.3 Å². The lowest BCUT2D eigenvalue weighted by Crippen LogP contribution is -2.53. The molecule has 1 amide bonds. The maximum Gasteiger partial charge on any atom is 0.338 e. The summed E-state index contributed by atoms with van der Waals surface area (Å²) in [6, 6.07) is 14.7. The highest BCUT2D eigenvalue weighted by molar-refractivity contribution is 6.16. The van der Waals surface area contributed by atoms with E-state index in [2.05, 4.69) is 10.3 Å². The lowest BCUT2D eigenvalue weighted by molar-refractivity contribution is -0.136. The lowest BCUT2D eigenvalue weighted by atomic mass is 9.93. The van der Waals surface area contributed by atoms with Gasteiger partial charge in [0.15, 0.2) is 0 Å². The first-order valence-corrected chi connectivity index (χ1v) is 11.4. The molecule has 0 unspecified atom stereocenters. The van der Waals surface area contributed by atoms with E-state index < -0.39 is 5.97 Å². The second-order valence-corrected chi connectivity index (χ2v) is 8.29. The number of esters is 1. The average molecular weight is 516 g/mol. The zero-order chi connectivity index (χ0) is 25.4. The van der Waals surface area contributed by atoms with E-state index in [1.807, 2.05) is 42.4 Å². The van der Waals surface area contributed by atoms with E-state index in [-0.39, 0.29) is 29.5 Å². The van der Waals surface area contributed by atoms with Crippen molar-refractivity contribution in [2.75, 3.05) is 54.6 Å². The van der Waals surface area contributed by atoms with E-state index in [0.717, 1.165) is 18.7 Å². The minimum Gasteiger partial charge on any atom is -0.497 e. The topological polar surface area (TPSA) is 80.3 Å². The Morgan fingerprint density at radius 2 is 1.50 bits per heavy atom. The third-order valence-electron chi connectivity index (χ3n) is 5.94. The van der Waals surface area contributed by atoms with Gasteiger partial charge >= 0.3 is 5.97 Å². The molecule has 3 rings (SSSR count). The van der Waals surface area contributed by atoms with Crippen molar-refractivity contribution < 1.29 is 23.8 Å². The first kappa shape index (κ1) is 28.9. The molecule has 2 aromatic carbocycles. The molecule has 36 heavy (non-hydrogen) atoms. The van der Waals surface area contributed by atoms with Crippen molar-refractivity contribution in [3.63, 3.8) is 0 Å². The smallest absolute Gasteiger partial charge is 0.338 e. The quantitative estimate of drug-likeness (QED) is 0.328. The Hall–Kier alpha value is -3.33. The zero-order valence-corrected chi connectivity index (χ0v) is 22.2. The highest BCUT2D eigenvalue weighted by atomic mass is 35.5. The van der Waals surface area contributed by atoms with E-state index in [4.69, 9.17) is 14.2 Å². The van der Waals surface area contributed by atoms with E-state index in [1.54, 1.807) is 45.4 Å². The van der Waals surface area contributed by atoms with Crippen LogP contribution in [0.4, 0.5) is 0 Å². The van der Waals surface area contributed by atoms with Crippen LogP contribution in [0.5, 0.6) is 11.5 Å². The maximum absolute atomic E-state index is 13.6. The number of rotatable bonds is 8. The fraction of sp³-hybridized carbons (Fsp3) is 0.333. The van der Waals surface area contributed by atoms with Crippen LogP contribution in [0.2, 0.25) is 0 Å². The number of likely N-dealkylation sites (N-methyl/N-ethyl adjacent to an activating group) is 1. The number of nitrogens with zero attached hydrogens (tertiary/aromatic N) is 2. The number of hydrogen-bond donors (Lipinski definition) is 1. The van der Waals surface area contributed by atoms with Gasteiger partial charge in [0, 0.05) is 32.2 Å². The van der Waals surface area contributed by atoms with Crippen LogP contribution in [-0.2, 0) is 14.3 Å². The van der Waals surface area contributed by atoms with Gasteiger partial charge in [0.25, 0.3) is 5.91 Å². The predicted molar refractivity (Wildman–Crippen MR) is 143 cm³/mol. The number of nitrogens with one attached hydrogen (secondary N) is 1. The van der Waals surface area contributed by atoms with Crippen LogP contribution in [0.25, 0.3) is 11.6 Å². The second kappa shape index (κ2) is 13.7. The van der Waals surface area contributed by atoms with Crippen molar-refractivity contribution in [1.82, 2.24) is 15.3 Å². The van der Waals surface area contributed by atoms with Gasteiger partial charge in [-0.3, -0.25) is 10.2 Å². The number of carbonyl (C=O) groups is 2. The molecular weight excluding hydrogens is 482 g/mol. The molecule has 194 valence electrons. The molecule has 8 nitrogen and oxygen atoms in total. The number of piperazine rings is 1. The number of ether oxygens (including phenoxy) is 3. The number of allylic oxidation sites excluding steroid dienone is 1. The number of benzene rings is 2. The fourth-order valence-corrected chi connectivity index (χ4v) is 3.82. The highest BCUT2D eigenvalue weighted by Crippen LogP contribution is 2.32. The third-order valence-corrected chi connectivity index (χ3v) is 5.94. The SMILES string of the molecule is COC(=O)C(/C(=C\c1ccccc1)C(=O)NN1CCN(C)CC1)=C(\C)c1cc(OC)cc(OC)c1.Cl. The van der Waals surface area contributed by atoms with Crippen molar-refractivity contribution >= 4 is 35.9 Å². The summed E-state index contributed by atoms with van der Waals surface area (Å²) in [4.78, 5) is 28.9. The van der Waals surface area contributed by atoms with Gasteiger partial charge in [0.2, 0.25) is 0 Å². The van der Waals surface area contributed by atoms with Crippen LogP contribution in [0, 0.1) is 0 Å². The van der Waals surface area contributed by atoms with Gasteiger partial charge in [0.05, 0.1) is 32.5 Å². The van der Waals surface area contributed by atoms with Crippen molar-refractivity contribution in [3.8, 4) is 11.5 Å². The first-order valence-electron chi connectivity index (χ1n) is 11.4. The molecule has 0 bridgehead atoms. The van der Waals surface area contributed by atoms with E-state index >= 15 is 0 Å². The fourth-order valence-electron chi connectivity index (χ4n) is 3.82. The van der Waals surface area contributed by atoms with E-state index in [1.165, 1.54) is 7.11 Å². The summed E-state index contributed by atoms with van der Waals surface area (Å²) >= 11 is 0. The minimum absolute atomic E-state index is 0. The Morgan fingerprint density at radius 1 is 0.917 bits per heavy atom. The van der Waals surface area contributed by atoms with Gasteiger partial charge < -0.3 is 19.1 Å². The molecule has 1 N–H and O–H groups in total. The van der Waals surface area contributed by atoms with Crippen molar-refractivity contribution in [2.24, 2.45) is 0 Å². The Morgan fingerprint density at radius 3 is 2.03 bits per heavy atom. The molecule has 1 fully saturated rings. The first-order chi connectivity index (χ1) is 16.9. The predicted octanol–water partition coefficient (Wildman–Crippen LogP) is 3.43. The van der Waals surface area contributed by atoms with Crippen LogP contribution < -0.4 is 14.9 Å². The summed E-state index contributed by atoms with van der Waals surface area (Å²) in [6.45, 7) is 4.82. The third kappa shape index (κ3) is 7.34. The number of carbonyl (C=O) groups excluding carboxylic acids is 2. The monoisotopic (exact) mass is 515 g/mol. The maximum atomic E-state index is 13.6. The largest absolute Gasteiger partial charge is 0.497 e. The standard InChI is InChI=1S/C27H33N3O5.ClH/c1-19(21-16-22(33-3)18-23(17-21)34-4)25(27(32)35-5)24(15-20-9-7-6-8-10-20)26(31)28-30-13-11-29(2)12-14-30;/h6-10,15-18H,11-14H2,1-5H3,(H,28,31);1H/b24-15+,25-19+;. The summed E-state index contributed by atoms with van der Waals surface area (Å²) in [5.74, 6) is 0.143. The number of methoxy groups -OCH3 is 3. The molecule has 0 atom stereocenters. The van der Waals surface area contributed by atoms with Gasteiger partial charge in [-0.05, 0) is 48.9 Å². The van der Waals surface area contributed by atoms with Crippen molar-refractivity contribution in [3.05, 3.63) is 70.8 Å². The van der Waals surface area contributed by atoms with Gasteiger partial charge in [0.1, 0.15) is 11.5 Å². The summed E-state index contributed by atoms with van der Waals surface area (Å²) in [7, 11) is 6.47. The molecule has 1 aliphatic heterocycles. The lowest BCUT2D eigenvalue weighted by Gasteiger charge is -2.32. The van der Waals surface area contributed by atoms with E-state index in [9.17, 15) is 9.59 Å². The Balaban J connectivity index is 0.00000456. The zero-order valence-electron chi connectivity index (χ0n) is 21.4. The Bertz CT molecular complexity index is 1090. The molecule has 1 heterocycles. The molecule has 1 aliphatic rings. The van der Waals surface area contributed by atoms with Crippen LogP contribution in [0.15, 0.2) is 59.7 Å². The Labute approximate surface area is 218 Å². The molecule has 0 spiro atoms. The van der Waals surface area contributed by atoms with Crippen LogP contribution in [-0.4, -0.2) is 76.3 Å². The molecular formula is C27H34ClN3O5. The Kier molecular flexibility index (Phi) is 11.0. The molecule has 0 aromatic heterocycles. The normalized spacial score (nSPS) is 15.3. The number of amides is 1. The molecule has 2 aromatic rings. The summed E-state index contributed by atoms with van der Waals surface area (Å²) < 4.78 is 15.9. The summed E-state index contributed by atoms with van der Waals surface area (Å²) in [5, 5.41) is 1.87. The van der Waals surface area contributed by atoms with Crippen LogP contribution >= 0.6 is 12.4 Å². The van der Waals surface area contributed by atoms with E-state index in [0.29, 0.717) is 35.7 Å². The van der Waals surface area contributed by atoms with Gasteiger partial charge in [-0.15, -0.1) is 12.4 Å². The number of hydrazine groups is 1. The molecule has 0 radical (unpaired) electrons. The molecule has 9 heteroatoms. The van der Waals surface area contributed by atoms with Gasteiger partial charge in [-0.2, -0.15) is 0 Å². The molecule has 0 aliphatic carbocycles. The number of halogens is 1. The highest BCUT2D eigenvalue weighted by Gasteiger charge is 2.27. The van der Waals surface area contributed by atoms with Crippen LogP contribution in [0.3, 0.4) is 0 Å². The summed E-state index contributed by atoms with van der Waals surface area (Å²) in [6.07, 6.45) is 1.71. The minimum atomic E-state index is -0.611. The molecule has 0 saturated carbocycles. The molecule has 1 saturated heterocycles. The summed E-state index contributed by atoms with van der Waals surface area (Å²) in [5.41, 5.74) is 5.37. The van der Waals surface area contributed by atoms with Crippen molar-refractivity contribution in [1.29, 1.82) is 0 Å². The second-order valence-electron chi connectivity index (χ2n) is 8.29. The number of hydrogen-bond acceptors (Lipinski definition) is 7. The average Bonchev–Trinajstić information content (AvgIpc) is 2.89.